The molecule has 1 unspecified atom stereocenters. The second-order valence-corrected chi connectivity index (χ2v) is 2.01. The number of amides is 1. The summed E-state index contributed by atoms with van der Waals surface area (Å²) in [5.74, 6) is -3.77. The van der Waals surface area contributed by atoms with Gasteiger partial charge in [-0.3, -0.25) is 4.79 Å². The van der Waals surface area contributed by atoms with Crippen molar-refractivity contribution in [1.82, 2.24) is 5.32 Å². The SMILES string of the molecule is CNC(=O)C(C)N.O=C(O)C(=O)O. The zero-order valence-corrected chi connectivity index (χ0v) is 7.27. The van der Waals surface area contributed by atoms with Crippen molar-refractivity contribution in [2.75, 3.05) is 7.05 Å². The lowest BCUT2D eigenvalue weighted by Gasteiger charge is -1.99. The maximum Gasteiger partial charge on any atom is 0.414 e. The van der Waals surface area contributed by atoms with Crippen LogP contribution in [0.5, 0.6) is 0 Å². The molecular weight excluding hydrogens is 180 g/mol. The average molecular weight is 192 g/mol. The normalized spacial score (nSPS) is 10.4. The van der Waals surface area contributed by atoms with Crippen molar-refractivity contribution in [2.24, 2.45) is 5.73 Å². The summed E-state index contributed by atoms with van der Waals surface area (Å²) >= 11 is 0. The molecule has 0 bridgehead atoms. The van der Waals surface area contributed by atoms with Crippen molar-refractivity contribution in [3.8, 4) is 0 Å². The van der Waals surface area contributed by atoms with E-state index < -0.39 is 11.9 Å². The molecule has 0 aliphatic carbocycles. The molecule has 7 nitrogen and oxygen atoms in total. The predicted molar refractivity (Wildman–Crippen MR) is 43.0 cm³/mol. The number of carbonyl (C=O) groups excluding carboxylic acids is 1. The first-order valence-corrected chi connectivity index (χ1v) is 3.26. The number of carbonyl (C=O) groups is 3. The third-order valence-corrected chi connectivity index (χ3v) is 0.843. The van der Waals surface area contributed by atoms with Crippen LogP contribution in [0.4, 0.5) is 0 Å². The van der Waals surface area contributed by atoms with E-state index in [4.69, 9.17) is 25.5 Å². The van der Waals surface area contributed by atoms with Crippen LogP contribution in [0, 0.1) is 0 Å². The fraction of sp³-hybridized carbons (Fsp3) is 0.500. The first-order chi connectivity index (χ1) is 5.82. The van der Waals surface area contributed by atoms with Crippen molar-refractivity contribution in [3.05, 3.63) is 0 Å². The van der Waals surface area contributed by atoms with Crippen LogP contribution in [-0.2, 0) is 14.4 Å². The molecule has 0 saturated carbocycles. The number of nitrogens with one attached hydrogen (secondary N) is 1. The van der Waals surface area contributed by atoms with Crippen LogP contribution < -0.4 is 11.1 Å². The Morgan fingerprint density at radius 2 is 1.54 bits per heavy atom. The molecule has 7 heteroatoms. The highest BCUT2D eigenvalue weighted by Crippen LogP contribution is 1.69. The molecule has 0 radical (unpaired) electrons. The van der Waals surface area contributed by atoms with E-state index in [0.717, 1.165) is 0 Å². The van der Waals surface area contributed by atoms with E-state index in [1.807, 2.05) is 0 Å². The van der Waals surface area contributed by atoms with Gasteiger partial charge >= 0.3 is 11.9 Å². The van der Waals surface area contributed by atoms with Gasteiger partial charge < -0.3 is 21.3 Å². The monoisotopic (exact) mass is 192 g/mol. The summed E-state index contributed by atoms with van der Waals surface area (Å²) in [6.45, 7) is 1.64. The highest BCUT2D eigenvalue weighted by molar-refractivity contribution is 6.27. The Kier molecular flexibility index (Phi) is 7.54. The number of aliphatic carboxylic acids is 2. The van der Waals surface area contributed by atoms with E-state index in [1.54, 1.807) is 14.0 Å². The average Bonchev–Trinajstić information content (AvgIpc) is 2.03. The van der Waals surface area contributed by atoms with Gasteiger partial charge in [-0.05, 0) is 6.92 Å². The Hall–Kier alpha value is -1.63. The van der Waals surface area contributed by atoms with Gasteiger partial charge in [-0.1, -0.05) is 0 Å². The van der Waals surface area contributed by atoms with Gasteiger partial charge in [-0.15, -0.1) is 0 Å². The van der Waals surface area contributed by atoms with Crippen molar-refractivity contribution in [3.63, 3.8) is 0 Å². The fourth-order valence-corrected chi connectivity index (χ4v) is 0.228. The summed E-state index contributed by atoms with van der Waals surface area (Å²) in [6, 6.07) is -0.384. The van der Waals surface area contributed by atoms with E-state index in [-0.39, 0.29) is 11.9 Å². The summed E-state index contributed by atoms with van der Waals surface area (Å²) < 4.78 is 0. The second-order valence-electron chi connectivity index (χ2n) is 2.01. The van der Waals surface area contributed by atoms with Crippen LogP contribution in [0.3, 0.4) is 0 Å². The summed E-state index contributed by atoms with van der Waals surface area (Å²) in [6.07, 6.45) is 0. The number of rotatable bonds is 1. The minimum atomic E-state index is -1.82. The molecule has 0 rings (SSSR count). The van der Waals surface area contributed by atoms with Gasteiger partial charge in [0.2, 0.25) is 5.91 Å². The Morgan fingerprint density at radius 3 is 1.54 bits per heavy atom. The summed E-state index contributed by atoms with van der Waals surface area (Å²) in [5.41, 5.74) is 5.13. The predicted octanol–water partition coefficient (Wildman–Crippen LogP) is -1.76. The highest BCUT2D eigenvalue weighted by atomic mass is 16.4. The van der Waals surface area contributed by atoms with E-state index in [2.05, 4.69) is 5.32 Å². The van der Waals surface area contributed by atoms with Gasteiger partial charge in [0, 0.05) is 7.05 Å². The Morgan fingerprint density at radius 1 is 1.23 bits per heavy atom. The van der Waals surface area contributed by atoms with E-state index in [9.17, 15) is 4.79 Å². The third kappa shape index (κ3) is 10.4. The van der Waals surface area contributed by atoms with Gasteiger partial charge in [0.15, 0.2) is 0 Å². The van der Waals surface area contributed by atoms with Gasteiger partial charge in [0.1, 0.15) is 0 Å². The maximum absolute atomic E-state index is 10.3. The zero-order chi connectivity index (χ0) is 11.0. The smallest absolute Gasteiger partial charge is 0.414 e. The molecule has 5 N–H and O–H groups in total. The van der Waals surface area contributed by atoms with Crippen molar-refractivity contribution < 1.29 is 24.6 Å². The first kappa shape index (κ1) is 13.9. The number of hydrogen-bond acceptors (Lipinski definition) is 4. The Bertz CT molecular complexity index is 189. The molecule has 0 fully saturated rings. The summed E-state index contributed by atoms with van der Waals surface area (Å²) in [4.78, 5) is 28.5. The lowest BCUT2D eigenvalue weighted by molar-refractivity contribution is -0.159. The minimum Gasteiger partial charge on any atom is -0.473 e. The van der Waals surface area contributed by atoms with Gasteiger partial charge in [0.25, 0.3) is 0 Å². The molecule has 0 aromatic carbocycles. The molecular formula is C6H12N2O5. The zero-order valence-electron chi connectivity index (χ0n) is 7.27. The molecule has 1 amide bonds. The Labute approximate surface area is 74.5 Å². The van der Waals surface area contributed by atoms with Gasteiger partial charge in [0.05, 0.1) is 6.04 Å². The number of carboxylic acid groups (broad SMARTS) is 2. The molecule has 0 aliphatic heterocycles. The third-order valence-electron chi connectivity index (χ3n) is 0.843. The van der Waals surface area contributed by atoms with Crippen LogP contribution in [0.15, 0.2) is 0 Å². The fourth-order valence-electron chi connectivity index (χ4n) is 0.228. The molecule has 0 aromatic rings. The van der Waals surface area contributed by atoms with Crippen molar-refractivity contribution in [2.45, 2.75) is 13.0 Å². The summed E-state index contributed by atoms with van der Waals surface area (Å²) in [5, 5.41) is 17.2. The second kappa shape index (κ2) is 7.04. The van der Waals surface area contributed by atoms with Crippen LogP contribution in [0.2, 0.25) is 0 Å². The molecule has 0 spiro atoms. The van der Waals surface area contributed by atoms with Crippen LogP contribution in [0.1, 0.15) is 6.92 Å². The highest BCUT2D eigenvalue weighted by Gasteiger charge is 2.04. The molecule has 1 atom stereocenters. The maximum atomic E-state index is 10.3. The Balaban J connectivity index is 0. The molecule has 13 heavy (non-hydrogen) atoms. The van der Waals surface area contributed by atoms with Crippen molar-refractivity contribution >= 4 is 17.8 Å². The molecule has 0 aliphatic rings. The van der Waals surface area contributed by atoms with Gasteiger partial charge in [-0.25, -0.2) is 9.59 Å². The summed E-state index contributed by atoms with van der Waals surface area (Å²) in [7, 11) is 1.56. The number of hydrogen-bond donors (Lipinski definition) is 4. The lowest BCUT2D eigenvalue weighted by atomic mass is 10.3. The topological polar surface area (TPSA) is 130 Å². The van der Waals surface area contributed by atoms with E-state index in [1.165, 1.54) is 0 Å². The van der Waals surface area contributed by atoms with E-state index >= 15 is 0 Å². The molecule has 0 saturated heterocycles. The largest absolute Gasteiger partial charge is 0.473 e. The molecule has 76 valence electrons. The number of carboxylic acids is 2. The van der Waals surface area contributed by atoms with Crippen LogP contribution in [0.25, 0.3) is 0 Å². The van der Waals surface area contributed by atoms with Crippen LogP contribution >= 0.6 is 0 Å². The molecule has 0 heterocycles. The van der Waals surface area contributed by atoms with Gasteiger partial charge in [-0.2, -0.15) is 0 Å². The molecule has 0 aromatic heterocycles. The standard InChI is InChI=1S/C4H10N2O.C2H2O4/c1-3(5)4(7)6-2;3-1(4)2(5)6/h3H,5H2,1-2H3,(H,6,7);(H,3,4)(H,5,6). The number of likely N-dealkylation sites (N-methyl/N-ethyl adjacent to an activating group) is 1. The van der Waals surface area contributed by atoms with E-state index in [0.29, 0.717) is 0 Å². The number of nitrogens with two attached hydrogens (primary N) is 1. The lowest BCUT2D eigenvalue weighted by Crippen LogP contribution is -2.35. The minimum absolute atomic E-state index is 0.125. The van der Waals surface area contributed by atoms with Crippen molar-refractivity contribution in [1.29, 1.82) is 0 Å². The quantitative estimate of drug-likeness (QED) is 0.364. The first-order valence-electron chi connectivity index (χ1n) is 3.26. The van der Waals surface area contributed by atoms with Crippen LogP contribution in [-0.4, -0.2) is 41.1 Å².